The number of hydrogen-bond donors (Lipinski definition) is 2. The monoisotopic (exact) mass is 403 g/mol. The molecular weight excluding hydrogens is 386 g/mol. The molecule has 0 saturated carbocycles. The summed E-state index contributed by atoms with van der Waals surface area (Å²) in [7, 11) is 1.28. The van der Waals surface area contributed by atoms with E-state index in [4.69, 9.17) is 16.3 Å². The molecular formula is C19H18ClN3O5. The molecule has 146 valence electrons. The van der Waals surface area contributed by atoms with Gasteiger partial charge in [-0.15, -0.1) is 0 Å². The van der Waals surface area contributed by atoms with Crippen molar-refractivity contribution in [3.05, 3.63) is 64.7 Å². The van der Waals surface area contributed by atoms with E-state index in [0.717, 1.165) is 5.56 Å². The average Bonchev–Trinajstić information content (AvgIpc) is 2.72. The number of nitrogens with one attached hydrogen (secondary N) is 2. The number of benzene rings is 2. The molecule has 2 rings (SSSR count). The molecule has 8 nitrogen and oxygen atoms in total. The minimum Gasteiger partial charge on any atom is -0.482 e. The van der Waals surface area contributed by atoms with E-state index in [1.54, 1.807) is 48.5 Å². The highest BCUT2D eigenvalue weighted by Crippen LogP contribution is 2.11. The van der Waals surface area contributed by atoms with Crippen LogP contribution in [-0.4, -0.2) is 37.7 Å². The normalized spacial score (nSPS) is 10.4. The minimum atomic E-state index is -0.886. The smallest absolute Gasteiger partial charge is 0.343 e. The van der Waals surface area contributed by atoms with Crippen LogP contribution < -0.4 is 15.5 Å². The molecule has 0 aliphatic heterocycles. The highest BCUT2D eigenvalue weighted by Gasteiger charge is 2.11. The third-order valence-electron chi connectivity index (χ3n) is 3.42. The van der Waals surface area contributed by atoms with Gasteiger partial charge in [0.2, 0.25) is 0 Å². The first-order chi connectivity index (χ1) is 13.5. The fourth-order valence-corrected chi connectivity index (χ4v) is 2.06. The van der Waals surface area contributed by atoms with Crippen LogP contribution in [0.15, 0.2) is 53.6 Å². The largest absolute Gasteiger partial charge is 0.482 e. The highest BCUT2D eigenvalue weighted by molar-refractivity contribution is 6.35. The molecule has 0 radical (unpaired) electrons. The zero-order valence-corrected chi connectivity index (χ0v) is 15.7. The van der Waals surface area contributed by atoms with Crippen LogP contribution in [0.5, 0.6) is 5.75 Å². The zero-order chi connectivity index (χ0) is 20.4. The van der Waals surface area contributed by atoms with Gasteiger partial charge in [0.05, 0.1) is 13.3 Å². The number of hydrogen-bond acceptors (Lipinski definition) is 6. The lowest BCUT2D eigenvalue weighted by atomic mass is 10.2. The molecule has 0 aliphatic rings. The van der Waals surface area contributed by atoms with Crippen LogP contribution in [-0.2, 0) is 25.7 Å². The predicted molar refractivity (Wildman–Crippen MR) is 103 cm³/mol. The highest BCUT2D eigenvalue weighted by atomic mass is 35.5. The Hall–Kier alpha value is -3.39. The van der Waals surface area contributed by atoms with E-state index >= 15 is 0 Å². The maximum atomic E-state index is 11.7. The minimum absolute atomic E-state index is 0.189. The summed E-state index contributed by atoms with van der Waals surface area (Å²) in [5.74, 6) is -1.70. The second kappa shape index (κ2) is 10.7. The Morgan fingerprint density at radius 2 is 1.71 bits per heavy atom. The number of rotatable bonds is 7. The van der Waals surface area contributed by atoms with Gasteiger partial charge in [0, 0.05) is 11.6 Å². The van der Waals surface area contributed by atoms with Crippen molar-refractivity contribution in [3.63, 3.8) is 0 Å². The molecule has 0 atom stereocenters. The summed E-state index contributed by atoms with van der Waals surface area (Å²) in [5.41, 5.74) is 3.61. The van der Waals surface area contributed by atoms with Gasteiger partial charge in [-0.05, 0) is 47.5 Å². The van der Waals surface area contributed by atoms with E-state index in [0.29, 0.717) is 16.3 Å². The van der Waals surface area contributed by atoms with Gasteiger partial charge in [-0.1, -0.05) is 23.7 Å². The SMILES string of the molecule is COC(=O)COc1ccc(/C=N\NC(=O)C(=O)NCc2ccc(Cl)cc2)cc1. The number of methoxy groups -OCH3 is 1. The van der Waals surface area contributed by atoms with Crippen molar-refractivity contribution in [3.8, 4) is 5.75 Å². The van der Waals surface area contributed by atoms with E-state index in [1.165, 1.54) is 13.3 Å². The zero-order valence-electron chi connectivity index (χ0n) is 15.0. The summed E-state index contributed by atoms with van der Waals surface area (Å²) in [6.45, 7) is 0.00526. The van der Waals surface area contributed by atoms with Gasteiger partial charge in [0.1, 0.15) is 5.75 Å². The Labute approximate surface area is 166 Å². The van der Waals surface area contributed by atoms with E-state index in [9.17, 15) is 14.4 Å². The van der Waals surface area contributed by atoms with Crippen molar-refractivity contribution in [1.82, 2.24) is 10.7 Å². The summed E-state index contributed by atoms with van der Waals surface area (Å²) in [6, 6.07) is 13.5. The van der Waals surface area contributed by atoms with E-state index in [2.05, 4.69) is 20.6 Å². The van der Waals surface area contributed by atoms with Crippen LogP contribution >= 0.6 is 11.6 Å². The third-order valence-corrected chi connectivity index (χ3v) is 3.67. The third kappa shape index (κ3) is 7.08. The molecule has 0 saturated heterocycles. The summed E-state index contributed by atoms with van der Waals surface area (Å²) < 4.78 is 9.68. The Kier molecular flexibility index (Phi) is 7.98. The molecule has 0 heterocycles. The van der Waals surface area contributed by atoms with Gasteiger partial charge < -0.3 is 14.8 Å². The van der Waals surface area contributed by atoms with Crippen LogP contribution in [0.4, 0.5) is 0 Å². The van der Waals surface area contributed by atoms with Crippen molar-refractivity contribution in [1.29, 1.82) is 0 Å². The van der Waals surface area contributed by atoms with Crippen molar-refractivity contribution < 1.29 is 23.9 Å². The quantitative estimate of drug-likeness (QED) is 0.316. The van der Waals surface area contributed by atoms with Gasteiger partial charge in [-0.2, -0.15) is 5.10 Å². The summed E-state index contributed by atoms with van der Waals surface area (Å²) in [4.78, 5) is 34.5. The first-order valence-corrected chi connectivity index (χ1v) is 8.51. The van der Waals surface area contributed by atoms with Gasteiger partial charge >= 0.3 is 17.8 Å². The van der Waals surface area contributed by atoms with Crippen LogP contribution in [0.2, 0.25) is 5.02 Å². The van der Waals surface area contributed by atoms with Crippen LogP contribution in [0.3, 0.4) is 0 Å². The Morgan fingerprint density at radius 3 is 2.36 bits per heavy atom. The van der Waals surface area contributed by atoms with Gasteiger partial charge in [-0.25, -0.2) is 10.2 Å². The van der Waals surface area contributed by atoms with Crippen molar-refractivity contribution in [2.45, 2.75) is 6.54 Å². The number of amides is 2. The average molecular weight is 404 g/mol. The summed E-state index contributed by atoms with van der Waals surface area (Å²) in [5, 5.41) is 6.80. The molecule has 2 aromatic rings. The molecule has 0 bridgehead atoms. The molecule has 0 aromatic heterocycles. The Bertz CT molecular complexity index is 851. The van der Waals surface area contributed by atoms with E-state index in [1.807, 2.05) is 0 Å². The Balaban J connectivity index is 1.76. The van der Waals surface area contributed by atoms with Crippen LogP contribution in [0.1, 0.15) is 11.1 Å². The molecule has 0 spiro atoms. The maximum absolute atomic E-state index is 11.7. The molecule has 0 unspecified atom stereocenters. The lowest BCUT2D eigenvalue weighted by Crippen LogP contribution is -2.37. The molecule has 2 aromatic carbocycles. The number of esters is 1. The van der Waals surface area contributed by atoms with Crippen molar-refractivity contribution >= 4 is 35.6 Å². The van der Waals surface area contributed by atoms with E-state index in [-0.39, 0.29) is 13.2 Å². The topological polar surface area (TPSA) is 106 Å². The molecule has 0 aliphatic carbocycles. The van der Waals surface area contributed by atoms with Crippen molar-refractivity contribution in [2.75, 3.05) is 13.7 Å². The predicted octanol–water partition coefficient (Wildman–Crippen LogP) is 1.66. The molecule has 2 N–H and O–H groups in total. The second-order valence-electron chi connectivity index (χ2n) is 5.44. The first kappa shape index (κ1) is 20.9. The fourth-order valence-electron chi connectivity index (χ4n) is 1.93. The fraction of sp³-hybridized carbons (Fsp3) is 0.158. The maximum Gasteiger partial charge on any atom is 0.343 e. The molecule has 9 heteroatoms. The van der Waals surface area contributed by atoms with Gasteiger partial charge in [-0.3, -0.25) is 9.59 Å². The van der Waals surface area contributed by atoms with Gasteiger partial charge in [0.25, 0.3) is 0 Å². The number of hydrazone groups is 1. The number of ether oxygens (including phenoxy) is 2. The number of carbonyl (C=O) groups excluding carboxylic acids is 3. The lowest BCUT2D eigenvalue weighted by Gasteiger charge is -2.05. The van der Waals surface area contributed by atoms with E-state index < -0.39 is 17.8 Å². The number of halogens is 1. The van der Waals surface area contributed by atoms with Crippen LogP contribution in [0.25, 0.3) is 0 Å². The first-order valence-electron chi connectivity index (χ1n) is 8.13. The standard InChI is InChI=1S/C19H18ClN3O5/c1-27-17(24)12-28-16-8-4-14(5-9-16)11-22-23-19(26)18(25)21-10-13-2-6-15(20)7-3-13/h2-9,11H,10,12H2,1H3,(H,21,25)(H,23,26)/b22-11-. The molecule has 2 amide bonds. The van der Waals surface area contributed by atoms with Gasteiger partial charge in [0.15, 0.2) is 6.61 Å². The molecule has 28 heavy (non-hydrogen) atoms. The lowest BCUT2D eigenvalue weighted by molar-refractivity contribution is -0.142. The Morgan fingerprint density at radius 1 is 1.04 bits per heavy atom. The molecule has 0 fully saturated rings. The second-order valence-corrected chi connectivity index (χ2v) is 5.88. The number of nitrogens with zero attached hydrogens (tertiary/aromatic N) is 1. The van der Waals surface area contributed by atoms with Crippen LogP contribution in [0, 0.1) is 0 Å². The summed E-state index contributed by atoms with van der Waals surface area (Å²) in [6.07, 6.45) is 1.37. The van der Waals surface area contributed by atoms with Crippen molar-refractivity contribution in [2.24, 2.45) is 5.10 Å². The summed E-state index contributed by atoms with van der Waals surface area (Å²) >= 11 is 5.78. The number of carbonyl (C=O) groups is 3.